The minimum atomic E-state index is -3.67. The minimum absolute atomic E-state index is 0.0134. The number of benzene rings is 6. The molecule has 0 saturated carbocycles. The Morgan fingerprint density at radius 3 is 0.726 bits per heavy atom. The van der Waals surface area contributed by atoms with E-state index in [0.29, 0.717) is 90.3 Å². The van der Waals surface area contributed by atoms with Crippen LogP contribution in [0, 0.1) is 32.5 Å². The first-order chi connectivity index (χ1) is 56.8. The molecule has 0 radical (unpaired) electrons. The normalized spacial score (nSPS) is 11.7. The molecule has 35 heteroatoms. The van der Waals surface area contributed by atoms with E-state index >= 15 is 0 Å². The topological polar surface area (TPSA) is 316 Å². The van der Waals surface area contributed by atoms with Gasteiger partial charge in [-0.25, -0.2) is 23.4 Å². The summed E-state index contributed by atoms with van der Waals surface area (Å²) in [4.78, 5) is 73.7. The smallest absolute Gasteiger partial charge is 0.264 e. The Balaban J connectivity index is 0.000000727. The van der Waals surface area contributed by atoms with E-state index in [1.54, 1.807) is 113 Å². The van der Waals surface area contributed by atoms with Crippen molar-refractivity contribution in [2.75, 3.05) is 78.2 Å². The number of nitrogens with zero attached hydrogens (tertiary/aromatic N) is 3. The molecule has 3 heterocycles. The molecule has 124 heavy (non-hydrogen) atoms. The molecule has 0 aliphatic carbocycles. The highest BCUT2D eigenvalue weighted by atomic mass is 35.5. The van der Waals surface area contributed by atoms with Crippen LogP contribution in [0.1, 0.15) is 224 Å². The fourth-order valence-electron chi connectivity index (χ4n) is 8.25. The number of rotatable bonds is 24. The molecule has 0 bridgehead atoms. The van der Waals surface area contributed by atoms with Gasteiger partial charge in [-0.15, -0.1) is 34.0 Å². The maximum absolute atomic E-state index is 12.5. The van der Waals surface area contributed by atoms with Gasteiger partial charge in [-0.05, 0) is 132 Å². The average Bonchev–Trinajstić information content (AvgIpc) is 1.82. The van der Waals surface area contributed by atoms with E-state index < -0.39 is 40.2 Å². The van der Waals surface area contributed by atoms with E-state index in [0.717, 1.165) is 69.7 Å². The van der Waals surface area contributed by atoms with Gasteiger partial charge < -0.3 is 14.2 Å². The molecular formula is C89H117Cl6N3O19S7. The van der Waals surface area contributed by atoms with Crippen LogP contribution in [0.5, 0.6) is 0 Å². The van der Waals surface area contributed by atoms with Crippen LogP contribution in [0.25, 0.3) is 0 Å². The second-order valence-corrected chi connectivity index (χ2v) is 46.6. The number of carbonyl (C=O) groups is 5. The van der Waals surface area contributed by atoms with Crippen LogP contribution in [-0.4, -0.2) is 156 Å². The molecule has 0 unspecified atom stereocenters. The number of thiazole rings is 3. The van der Waals surface area contributed by atoms with Crippen molar-refractivity contribution < 1.29 is 84.4 Å². The third-order valence-electron chi connectivity index (χ3n) is 14.0. The summed E-state index contributed by atoms with van der Waals surface area (Å²) in [6.45, 7) is 48.6. The van der Waals surface area contributed by atoms with E-state index in [1.807, 2.05) is 83.1 Å². The summed E-state index contributed by atoms with van der Waals surface area (Å²) < 4.78 is 117. The van der Waals surface area contributed by atoms with E-state index in [4.69, 9.17) is 83.8 Å². The molecule has 9 rings (SSSR count). The van der Waals surface area contributed by atoms with Crippen molar-refractivity contribution in [3.63, 3.8) is 0 Å². The first-order valence-corrected chi connectivity index (χ1v) is 50.2. The van der Waals surface area contributed by atoms with Crippen LogP contribution in [0.3, 0.4) is 0 Å². The van der Waals surface area contributed by atoms with Gasteiger partial charge in [-0.1, -0.05) is 243 Å². The third-order valence-corrected chi connectivity index (χ3v) is 21.8. The highest BCUT2D eigenvalue weighted by Gasteiger charge is 2.24. The number of hydrogen-bond acceptors (Lipinski definition) is 25. The summed E-state index contributed by atoms with van der Waals surface area (Å²) in [6.07, 6.45) is 7.75. The van der Waals surface area contributed by atoms with Gasteiger partial charge in [-0.2, -0.15) is 25.3 Å². The van der Waals surface area contributed by atoms with Crippen LogP contribution < -0.4 is 0 Å². The molecule has 0 saturated heterocycles. The quantitative estimate of drug-likeness (QED) is 0.0401. The summed E-state index contributed by atoms with van der Waals surface area (Å²) in [5.41, 5.74) is 3.78. The molecule has 0 N–H and O–H groups in total. The lowest BCUT2D eigenvalue weighted by Crippen LogP contribution is -2.17. The molecule has 0 spiro atoms. The Hall–Kier alpha value is -6.14. The molecule has 6 aromatic carbocycles. The number of ether oxygens (including phenoxy) is 3. The minimum Gasteiger partial charge on any atom is -0.381 e. The predicted octanol–water partition coefficient (Wildman–Crippen LogP) is 23.6. The fourth-order valence-corrected chi connectivity index (χ4v) is 14.5. The van der Waals surface area contributed by atoms with Crippen molar-refractivity contribution >= 4 is 173 Å². The van der Waals surface area contributed by atoms with Crippen molar-refractivity contribution in [1.29, 1.82) is 0 Å². The van der Waals surface area contributed by atoms with Crippen molar-refractivity contribution in [2.24, 2.45) is 32.5 Å². The summed E-state index contributed by atoms with van der Waals surface area (Å²) in [5, 5.41) is 8.13. The zero-order chi connectivity index (χ0) is 95.2. The molecule has 0 aliphatic rings. The van der Waals surface area contributed by atoms with Gasteiger partial charge in [-0.3, -0.25) is 36.5 Å². The molecule has 0 amide bonds. The molecule has 0 aliphatic heterocycles. The molecule has 3 aromatic heterocycles. The van der Waals surface area contributed by atoms with Crippen LogP contribution in [0.4, 0.5) is 0 Å². The third kappa shape index (κ3) is 51.8. The standard InChI is InChI=1S/2C17H9Cl2NO2S.C16H9Cl2NO3S2.3C7H16O.3C6H14O3S/c2*18-12-5-6-14(19)13(9-12)15(21)10-1-3-11(4-2-10)16(22)17-20-7-8-23-17;17-11-3-6-14(18)13(9-11)15(20)10-1-4-12(5-2-10)24(21,22)16-19-7-8-23-16;3*1-5-8-6-7(2,3)4;3*1-6(2,3)5-9-10(4,7)8/h2*1-9H;1-9H;3*5-6H2,1-4H3;3*5H2,1-4H3. The zero-order valence-electron chi connectivity index (χ0n) is 74.7. The van der Waals surface area contributed by atoms with Crippen LogP contribution in [0.2, 0.25) is 30.1 Å². The molecule has 9 aromatic rings. The van der Waals surface area contributed by atoms with E-state index in [2.05, 4.69) is 89.8 Å². The maximum atomic E-state index is 12.5. The number of aromatic nitrogens is 3. The first kappa shape index (κ1) is 116. The van der Waals surface area contributed by atoms with Gasteiger partial charge in [0.25, 0.3) is 30.4 Å². The summed E-state index contributed by atoms with van der Waals surface area (Å²) in [7, 11) is -13.4. The van der Waals surface area contributed by atoms with Gasteiger partial charge in [0.05, 0.1) is 78.4 Å². The number of carbonyl (C=O) groups excluding carboxylic acids is 5. The highest BCUT2D eigenvalue weighted by Crippen LogP contribution is 2.30. The molecule has 686 valence electrons. The SMILES string of the molecule is CC(C)(C)COS(C)(=O)=O.CC(C)(C)COS(C)(=O)=O.CC(C)(C)COS(C)(=O)=O.CCOCC(C)(C)C.CCOCC(C)(C)C.CCOCC(C)(C)C.O=C(c1ccc(C(=O)c2cc(Cl)ccc2Cl)cc1)c1nccs1.O=C(c1ccc(C(=O)c2cc(Cl)ccc2Cl)cc1)c1nccs1.O=C(c1ccc(S(=O)(=O)c2nccs2)cc1)c1cc(Cl)ccc1Cl. The second-order valence-electron chi connectivity index (χ2n) is 34.3. The summed E-state index contributed by atoms with van der Waals surface area (Å²) >= 11 is 39.4. The van der Waals surface area contributed by atoms with Gasteiger partial charge in [0.15, 0.2) is 27.4 Å². The Morgan fingerprint density at radius 2 is 0.540 bits per heavy atom. The number of halogens is 6. The van der Waals surface area contributed by atoms with Crippen LogP contribution in [0.15, 0.2) is 171 Å². The Morgan fingerprint density at radius 1 is 0.315 bits per heavy atom. The number of hydrogen-bond donors (Lipinski definition) is 0. The number of sulfone groups is 1. The lowest BCUT2D eigenvalue weighted by molar-refractivity contribution is 0.0805. The molecular weight excluding hydrogens is 1850 g/mol. The second kappa shape index (κ2) is 53.7. The fraction of sp³-hybridized carbons (Fsp3) is 0.438. The maximum Gasteiger partial charge on any atom is 0.264 e. The van der Waals surface area contributed by atoms with E-state index in [-0.39, 0.29) is 84.8 Å². The van der Waals surface area contributed by atoms with Crippen LogP contribution >= 0.6 is 104 Å². The van der Waals surface area contributed by atoms with Gasteiger partial charge in [0.1, 0.15) is 0 Å². The van der Waals surface area contributed by atoms with Crippen LogP contribution in [-0.2, 0) is 67.0 Å². The van der Waals surface area contributed by atoms with E-state index in [9.17, 15) is 57.6 Å². The Bertz CT molecular complexity index is 4950. The molecule has 0 fully saturated rings. The van der Waals surface area contributed by atoms with Crippen molar-refractivity contribution in [3.8, 4) is 0 Å². The highest BCUT2D eigenvalue weighted by molar-refractivity contribution is 7.93. The first-order valence-electron chi connectivity index (χ1n) is 38.4. The predicted molar refractivity (Wildman–Crippen MR) is 506 cm³/mol. The molecule has 0 atom stereocenters. The van der Waals surface area contributed by atoms with Crippen molar-refractivity contribution in [3.05, 3.63) is 247 Å². The monoisotopic (exact) mass is 1970 g/mol. The van der Waals surface area contributed by atoms with Gasteiger partial charge >= 0.3 is 0 Å². The average molecular weight is 1970 g/mol. The number of ketones is 5. The summed E-state index contributed by atoms with van der Waals surface area (Å²) in [5.74, 6) is -1.16. The lowest BCUT2D eigenvalue weighted by atomic mass is 9.99. The summed E-state index contributed by atoms with van der Waals surface area (Å²) in [6, 6.07) is 32.5. The lowest BCUT2D eigenvalue weighted by Gasteiger charge is -2.16. The largest absolute Gasteiger partial charge is 0.381 e. The zero-order valence-corrected chi connectivity index (χ0v) is 84.9. The van der Waals surface area contributed by atoms with Crippen molar-refractivity contribution in [2.45, 2.75) is 155 Å². The van der Waals surface area contributed by atoms with Gasteiger partial charge in [0.2, 0.25) is 25.7 Å². The molecule has 22 nitrogen and oxygen atoms in total. The van der Waals surface area contributed by atoms with Gasteiger partial charge in [0, 0.05) is 114 Å². The van der Waals surface area contributed by atoms with E-state index in [1.165, 1.54) is 71.3 Å². The Labute approximate surface area is 777 Å². The van der Waals surface area contributed by atoms with Crippen molar-refractivity contribution in [1.82, 2.24) is 15.0 Å². The Kier molecular flexibility index (Phi) is 50.2.